The minimum atomic E-state index is -0.819. The molecule has 0 fully saturated rings. The van der Waals surface area contributed by atoms with Gasteiger partial charge in [0.1, 0.15) is 6.10 Å². The summed E-state index contributed by atoms with van der Waals surface area (Å²) in [6.45, 7) is 23.0. The molecule has 0 aliphatic carbocycles. The Morgan fingerprint density at radius 2 is 1.17 bits per heavy atom. The van der Waals surface area contributed by atoms with Crippen LogP contribution in [0, 0.1) is 39.9 Å². The number of carbonyl (C=O) groups excluding carboxylic acids is 1. The first-order valence-electron chi connectivity index (χ1n) is 10.9. The number of aliphatic hydroxyl groups is 2. The van der Waals surface area contributed by atoms with Gasteiger partial charge >= 0.3 is 11.9 Å². The minimum Gasteiger partial charge on any atom is -0.481 e. The van der Waals surface area contributed by atoms with Gasteiger partial charge in [0.05, 0.1) is 11.3 Å². The van der Waals surface area contributed by atoms with E-state index in [9.17, 15) is 19.8 Å². The number of carbonyl (C=O) groups is 2. The van der Waals surface area contributed by atoms with Crippen molar-refractivity contribution in [3.05, 3.63) is 0 Å². The summed E-state index contributed by atoms with van der Waals surface area (Å²) in [7, 11) is 0. The van der Waals surface area contributed by atoms with Gasteiger partial charge in [-0.25, -0.2) is 0 Å². The van der Waals surface area contributed by atoms with Gasteiger partial charge in [-0.05, 0) is 36.5 Å². The van der Waals surface area contributed by atoms with Crippen molar-refractivity contribution >= 4 is 11.9 Å². The summed E-state index contributed by atoms with van der Waals surface area (Å²) >= 11 is 0. The molecule has 0 spiro atoms. The molecule has 6 heteroatoms. The van der Waals surface area contributed by atoms with E-state index in [4.69, 9.17) is 9.84 Å². The van der Waals surface area contributed by atoms with Crippen molar-refractivity contribution in [2.75, 3.05) is 13.2 Å². The monoisotopic (exact) mass is 432 g/mol. The molecule has 0 saturated carbocycles. The maximum atomic E-state index is 11.5. The van der Waals surface area contributed by atoms with Crippen LogP contribution < -0.4 is 0 Å². The average Bonchev–Trinajstić information content (AvgIpc) is 2.56. The number of carboxylic acid groups (broad SMARTS) is 1. The molecule has 4 atom stereocenters. The Morgan fingerprint density at radius 3 is 1.40 bits per heavy atom. The quantitative estimate of drug-likeness (QED) is 0.484. The van der Waals surface area contributed by atoms with Gasteiger partial charge in [0.2, 0.25) is 0 Å². The van der Waals surface area contributed by atoms with Gasteiger partial charge in [-0.15, -0.1) is 0 Å². The van der Waals surface area contributed by atoms with Crippen LogP contribution in [0.25, 0.3) is 0 Å². The molecule has 0 aromatic heterocycles. The molecule has 0 aromatic carbocycles. The highest BCUT2D eigenvalue weighted by Gasteiger charge is 2.45. The molecule has 0 aromatic rings. The van der Waals surface area contributed by atoms with Gasteiger partial charge in [0.25, 0.3) is 0 Å². The lowest BCUT2D eigenvalue weighted by Gasteiger charge is -2.43. The molecule has 0 bridgehead atoms. The Morgan fingerprint density at radius 1 is 0.767 bits per heavy atom. The third-order valence-electron chi connectivity index (χ3n) is 5.49. The van der Waals surface area contributed by atoms with E-state index >= 15 is 0 Å². The predicted molar refractivity (Wildman–Crippen MR) is 121 cm³/mol. The van der Waals surface area contributed by atoms with Gasteiger partial charge in [0.15, 0.2) is 0 Å². The molecule has 0 rings (SSSR count). The largest absolute Gasteiger partial charge is 0.481 e. The standard InChI is InChI=1S/2C12H24O3/c1-8(7-13)9(11(2,3)4)12(5,6)10(14)15;1-8(2)11(14)15-10(9(3)7-13)12(4,5)6/h8-9,13H,7H2,1-6H3,(H,14,15);8-10,13H,7H2,1-6H3. The molecule has 30 heavy (non-hydrogen) atoms. The van der Waals surface area contributed by atoms with Crippen LogP contribution in [0.3, 0.4) is 0 Å². The average molecular weight is 433 g/mol. The summed E-state index contributed by atoms with van der Waals surface area (Å²) in [4.78, 5) is 22.8. The number of ether oxygens (including phenoxy) is 1. The smallest absolute Gasteiger partial charge is 0.309 e. The van der Waals surface area contributed by atoms with Crippen LogP contribution in [-0.2, 0) is 14.3 Å². The molecule has 0 aliphatic rings. The summed E-state index contributed by atoms with van der Waals surface area (Å²) in [6, 6.07) is 0. The van der Waals surface area contributed by atoms with Gasteiger partial charge in [-0.2, -0.15) is 0 Å². The zero-order valence-electron chi connectivity index (χ0n) is 21.4. The van der Waals surface area contributed by atoms with Gasteiger partial charge < -0.3 is 20.1 Å². The zero-order chi connectivity index (χ0) is 24.7. The predicted octanol–water partition coefficient (Wildman–Crippen LogP) is 4.62. The van der Waals surface area contributed by atoms with Crippen LogP contribution in [0.5, 0.6) is 0 Å². The van der Waals surface area contributed by atoms with Crippen molar-refractivity contribution in [3.8, 4) is 0 Å². The molecule has 0 amide bonds. The van der Waals surface area contributed by atoms with Crippen LogP contribution in [0.1, 0.15) is 83.1 Å². The summed E-state index contributed by atoms with van der Waals surface area (Å²) < 4.78 is 5.43. The van der Waals surface area contributed by atoms with Crippen LogP contribution in [0.4, 0.5) is 0 Å². The van der Waals surface area contributed by atoms with E-state index in [-0.39, 0.29) is 59.8 Å². The summed E-state index contributed by atoms with van der Waals surface area (Å²) in [5.41, 5.74) is -1.10. The second-order valence-electron chi connectivity index (χ2n) is 11.6. The molecular weight excluding hydrogens is 384 g/mol. The summed E-state index contributed by atoms with van der Waals surface area (Å²) in [6.07, 6.45) is -0.239. The summed E-state index contributed by atoms with van der Waals surface area (Å²) in [5.74, 6) is -1.24. The molecule has 180 valence electrons. The van der Waals surface area contributed by atoms with Gasteiger partial charge in [-0.1, -0.05) is 69.2 Å². The lowest BCUT2D eigenvalue weighted by molar-refractivity contribution is -0.163. The van der Waals surface area contributed by atoms with Crippen molar-refractivity contribution in [2.45, 2.75) is 89.2 Å². The maximum absolute atomic E-state index is 11.5. The number of hydrogen-bond acceptors (Lipinski definition) is 5. The van der Waals surface area contributed by atoms with Gasteiger partial charge in [0, 0.05) is 19.1 Å². The zero-order valence-corrected chi connectivity index (χ0v) is 21.4. The molecule has 6 nitrogen and oxygen atoms in total. The van der Waals surface area contributed by atoms with Crippen LogP contribution in [0.15, 0.2) is 0 Å². The van der Waals surface area contributed by atoms with Crippen molar-refractivity contribution < 1.29 is 29.6 Å². The van der Waals surface area contributed by atoms with Crippen molar-refractivity contribution in [1.29, 1.82) is 0 Å². The number of aliphatic hydroxyl groups excluding tert-OH is 2. The fraction of sp³-hybridized carbons (Fsp3) is 0.917. The van der Waals surface area contributed by atoms with E-state index in [0.717, 1.165) is 0 Å². The molecule has 0 aliphatic heterocycles. The van der Waals surface area contributed by atoms with Crippen LogP contribution >= 0.6 is 0 Å². The van der Waals surface area contributed by atoms with Crippen LogP contribution in [0.2, 0.25) is 0 Å². The Bertz CT molecular complexity index is 523. The first-order valence-corrected chi connectivity index (χ1v) is 10.9. The number of carboxylic acids is 1. The van der Waals surface area contributed by atoms with E-state index < -0.39 is 11.4 Å². The molecule has 0 radical (unpaired) electrons. The lowest BCUT2D eigenvalue weighted by Crippen LogP contribution is -2.44. The highest BCUT2D eigenvalue weighted by atomic mass is 16.5. The molecular formula is C24H48O6. The third-order valence-corrected chi connectivity index (χ3v) is 5.49. The van der Waals surface area contributed by atoms with Crippen LogP contribution in [-0.4, -0.2) is 46.6 Å². The topological polar surface area (TPSA) is 104 Å². The second kappa shape index (κ2) is 12.0. The molecule has 0 saturated heterocycles. The maximum Gasteiger partial charge on any atom is 0.309 e. The number of rotatable bonds is 8. The highest BCUT2D eigenvalue weighted by Crippen LogP contribution is 2.44. The first kappa shape index (κ1) is 31.0. The molecule has 4 unspecified atom stereocenters. The Hall–Kier alpha value is -1.14. The van der Waals surface area contributed by atoms with Gasteiger partial charge in [-0.3, -0.25) is 9.59 Å². The number of hydrogen-bond donors (Lipinski definition) is 3. The molecule has 0 heterocycles. The minimum absolute atomic E-state index is 0.0175. The summed E-state index contributed by atoms with van der Waals surface area (Å²) in [5, 5.41) is 27.6. The number of aliphatic carboxylic acids is 1. The fourth-order valence-electron chi connectivity index (χ4n) is 4.39. The Balaban J connectivity index is 0. The SMILES string of the molecule is CC(C)C(=O)OC(C(C)CO)C(C)(C)C.CC(CO)C(C(C)(C)C)C(C)(C)C(=O)O. The van der Waals surface area contributed by atoms with Crippen molar-refractivity contribution in [2.24, 2.45) is 39.9 Å². The molecule has 3 N–H and O–H groups in total. The van der Waals surface area contributed by atoms with Crippen molar-refractivity contribution in [3.63, 3.8) is 0 Å². The van der Waals surface area contributed by atoms with Crippen molar-refractivity contribution in [1.82, 2.24) is 0 Å². The first-order chi connectivity index (χ1) is 13.2. The van der Waals surface area contributed by atoms with E-state index in [1.165, 1.54) is 0 Å². The number of esters is 1. The van der Waals surface area contributed by atoms with E-state index in [2.05, 4.69) is 0 Å². The normalized spacial score (nSPS) is 16.8. The fourth-order valence-corrected chi connectivity index (χ4v) is 4.39. The van der Waals surface area contributed by atoms with E-state index in [0.29, 0.717) is 0 Å². The highest BCUT2D eigenvalue weighted by molar-refractivity contribution is 5.74. The Kier molecular flexibility index (Phi) is 12.5. The third kappa shape index (κ3) is 9.78. The lowest BCUT2D eigenvalue weighted by atomic mass is 9.61. The van der Waals surface area contributed by atoms with E-state index in [1.54, 1.807) is 13.8 Å². The second-order valence-corrected chi connectivity index (χ2v) is 11.6. The Labute approximate surface area is 184 Å². The van der Waals surface area contributed by atoms with E-state index in [1.807, 2.05) is 69.2 Å².